The Morgan fingerprint density at radius 1 is 0.368 bits per heavy atom. The van der Waals surface area contributed by atoms with Crippen molar-refractivity contribution in [1.29, 1.82) is 0 Å². The number of aryl methyl sites for hydroxylation is 2. The first-order chi connectivity index (χ1) is 28.1. The van der Waals surface area contributed by atoms with E-state index in [-0.39, 0.29) is 0 Å². The summed E-state index contributed by atoms with van der Waals surface area (Å²) in [5.74, 6) is 1.97. The van der Waals surface area contributed by atoms with Crippen molar-refractivity contribution in [3.05, 3.63) is 216 Å². The lowest BCUT2D eigenvalue weighted by molar-refractivity contribution is 0.794. The Kier molecular flexibility index (Phi) is 7.48. The molecule has 0 aliphatic heterocycles. The van der Waals surface area contributed by atoms with Crippen molar-refractivity contribution in [3.63, 3.8) is 0 Å². The van der Waals surface area contributed by atoms with Crippen LogP contribution in [0.15, 0.2) is 182 Å². The summed E-state index contributed by atoms with van der Waals surface area (Å²) in [7, 11) is 0. The number of pyridine rings is 1. The molecule has 2 heterocycles. The number of aromatic nitrogens is 4. The Labute approximate surface area is 332 Å². The average Bonchev–Trinajstić information content (AvgIpc) is 3.74. The maximum absolute atomic E-state index is 5.41. The molecule has 0 atom stereocenters. The highest BCUT2D eigenvalue weighted by Crippen LogP contribution is 2.64. The van der Waals surface area contributed by atoms with Gasteiger partial charge < -0.3 is 0 Å². The summed E-state index contributed by atoms with van der Waals surface area (Å²) in [6, 6.07) is 61.2. The molecule has 0 fully saturated rings. The van der Waals surface area contributed by atoms with E-state index in [1.54, 1.807) is 0 Å². The van der Waals surface area contributed by atoms with Gasteiger partial charge in [0.25, 0.3) is 0 Å². The van der Waals surface area contributed by atoms with E-state index >= 15 is 0 Å². The maximum Gasteiger partial charge on any atom is 0.164 e. The second-order valence-electron chi connectivity index (χ2n) is 15.0. The molecule has 57 heavy (non-hydrogen) atoms. The van der Waals surface area contributed by atoms with E-state index in [0.717, 1.165) is 50.1 Å². The third-order valence-electron chi connectivity index (χ3n) is 11.9. The molecule has 0 saturated carbocycles. The van der Waals surface area contributed by atoms with Gasteiger partial charge in [-0.05, 0) is 110 Å². The van der Waals surface area contributed by atoms with Gasteiger partial charge in [-0.25, -0.2) is 15.0 Å². The molecule has 9 aromatic rings. The Balaban J connectivity index is 1.25. The second kappa shape index (κ2) is 12.9. The minimum absolute atomic E-state index is 0.548. The maximum atomic E-state index is 5.41. The lowest BCUT2D eigenvalue weighted by Crippen LogP contribution is -2.26. The topological polar surface area (TPSA) is 51.6 Å². The predicted octanol–water partition coefficient (Wildman–Crippen LogP) is 12.6. The van der Waals surface area contributed by atoms with E-state index in [0.29, 0.717) is 17.5 Å². The van der Waals surface area contributed by atoms with Gasteiger partial charge in [0.1, 0.15) is 5.82 Å². The lowest BCUT2D eigenvalue weighted by atomic mass is 9.70. The average molecular weight is 729 g/mol. The zero-order valence-electron chi connectivity index (χ0n) is 31.6. The Bertz CT molecular complexity index is 3010. The van der Waals surface area contributed by atoms with E-state index < -0.39 is 5.41 Å². The molecular formula is C53H36N4. The third-order valence-corrected chi connectivity index (χ3v) is 11.9. The molecule has 0 saturated heterocycles. The van der Waals surface area contributed by atoms with Crippen molar-refractivity contribution in [1.82, 2.24) is 19.9 Å². The summed E-state index contributed by atoms with van der Waals surface area (Å²) in [6.45, 7) is 4.13. The molecule has 0 unspecified atom stereocenters. The first-order valence-electron chi connectivity index (χ1n) is 19.5. The van der Waals surface area contributed by atoms with Crippen LogP contribution in [-0.2, 0) is 5.41 Å². The van der Waals surface area contributed by atoms with E-state index in [9.17, 15) is 0 Å². The van der Waals surface area contributed by atoms with E-state index in [1.807, 2.05) is 25.4 Å². The van der Waals surface area contributed by atoms with Crippen LogP contribution in [0.25, 0.3) is 78.4 Å². The van der Waals surface area contributed by atoms with Gasteiger partial charge in [0, 0.05) is 29.1 Å². The zero-order chi connectivity index (χ0) is 38.1. The Morgan fingerprint density at radius 3 is 1.53 bits per heavy atom. The van der Waals surface area contributed by atoms with Gasteiger partial charge in [0.2, 0.25) is 0 Å². The minimum Gasteiger partial charge on any atom is -0.264 e. The fraction of sp³-hybridized carbons (Fsp3) is 0.0566. The van der Waals surface area contributed by atoms with E-state index in [4.69, 9.17) is 15.0 Å². The standard InChI is InChI=1S/C53H36N4/c1-33-28-29-54-32-45(33)39-20-8-6-19-38(39)36-30-44(52-56-34(2)55-51(57-52)42-23-9-7-18-37(42)35-16-4-3-5-17-35)50-43-24-12-15-27-48(43)53(49(50)31-36)46-25-13-10-21-40(46)41-22-11-14-26-47(41)53/h3-32H,1-2H3. The van der Waals surface area contributed by atoms with Gasteiger partial charge in [-0.1, -0.05) is 152 Å². The van der Waals surface area contributed by atoms with Crippen molar-refractivity contribution in [2.45, 2.75) is 19.3 Å². The van der Waals surface area contributed by atoms with E-state index in [2.05, 4.69) is 176 Å². The summed E-state index contributed by atoms with van der Waals surface area (Å²) >= 11 is 0. The molecule has 0 amide bonds. The van der Waals surface area contributed by atoms with Crippen LogP contribution in [-0.4, -0.2) is 19.9 Å². The first-order valence-corrected chi connectivity index (χ1v) is 19.5. The number of rotatable bonds is 5. The van der Waals surface area contributed by atoms with Crippen LogP contribution < -0.4 is 0 Å². The Hall–Kier alpha value is -7.30. The number of hydrogen-bond donors (Lipinski definition) is 0. The fourth-order valence-electron chi connectivity index (χ4n) is 9.53. The van der Waals surface area contributed by atoms with Crippen LogP contribution in [0.1, 0.15) is 33.6 Å². The second-order valence-corrected chi connectivity index (χ2v) is 15.0. The van der Waals surface area contributed by atoms with Crippen molar-refractivity contribution >= 4 is 0 Å². The van der Waals surface area contributed by atoms with Crippen molar-refractivity contribution in [3.8, 4) is 78.4 Å². The monoisotopic (exact) mass is 728 g/mol. The molecule has 1 spiro atoms. The summed E-state index contributed by atoms with van der Waals surface area (Å²) in [5, 5.41) is 0. The number of nitrogens with zero attached hydrogens (tertiary/aromatic N) is 4. The van der Waals surface area contributed by atoms with E-state index in [1.165, 1.54) is 44.5 Å². The van der Waals surface area contributed by atoms with Gasteiger partial charge in [0.05, 0.1) is 5.41 Å². The number of benzene rings is 7. The van der Waals surface area contributed by atoms with Crippen LogP contribution in [0.2, 0.25) is 0 Å². The first kappa shape index (κ1) is 33.1. The quantitative estimate of drug-likeness (QED) is 0.177. The smallest absolute Gasteiger partial charge is 0.164 e. The summed E-state index contributed by atoms with van der Waals surface area (Å²) in [6.07, 6.45) is 3.84. The van der Waals surface area contributed by atoms with Gasteiger partial charge in [-0.2, -0.15) is 0 Å². The molecule has 0 radical (unpaired) electrons. The van der Waals surface area contributed by atoms with Crippen molar-refractivity contribution < 1.29 is 0 Å². The fourth-order valence-corrected chi connectivity index (χ4v) is 9.53. The highest BCUT2D eigenvalue weighted by Gasteiger charge is 2.52. The molecule has 7 aromatic carbocycles. The van der Waals surface area contributed by atoms with Gasteiger partial charge in [-0.15, -0.1) is 0 Å². The molecule has 4 heteroatoms. The highest BCUT2D eigenvalue weighted by atomic mass is 15.0. The van der Waals surface area contributed by atoms with Crippen LogP contribution in [0.3, 0.4) is 0 Å². The van der Waals surface area contributed by atoms with Crippen molar-refractivity contribution in [2.24, 2.45) is 0 Å². The minimum atomic E-state index is -0.548. The summed E-state index contributed by atoms with van der Waals surface area (Å²) in [5.41, 5.74) is 19.2. The van der Waals surface area contributed by atoms with Gasteiger partial charge in [0.15, 0.2) is 11.6 Å². The SMILES string of the molecule is Cc1nc(-c2ccccc2-c2ccccc2)nc(-c2cc(-c3ccccc3-c3cnccc3C)cc3c2-c2ccccc2C32c3ccccc3-c3ccccc32)n1. The van der Waals surface area contributed by atoms with Crippen molar-refractivity contribution in [2.75, 3.05) is 0 Å². The van der Waals surface area contributed by atoms with Crippen LogP contribution >= 0.6 is 0 Å². The normalized spacial score (nSPS) is 12.9. The largest absolute Gasteiger partial charge is 0.264 e. The molecule has 2 aliphatic carbocycles. The van der Waals surface area contributed by atoms with Gasteiger partial charge >= 0.3 is 0 Å². The molecule has 2 aliphatic rings. The molecule has 2 aromatic heterocycles. The molecule has 0 bridgehead atoms. The summed E-state index contributed by atoms with van der Waals surface area (Å²) < 4.78 is 0. The van der Waals surface area contributed by atoms with Crippen LogP contribution in [0, 0.1) is 13.8 Å². The lowest BCUT2D eigenvalue weighted by Gasteiger charge is -2.31. The summed E-state index contributed by atoms with van der Waals surface area (Å²) in [4.78, 5) is 20.2. The third kappa shape index (κ3) is 4.94. The molecule has 0 N–H and O–H groups in total. The predicted molar refractivity (Wildman–Crippen MR) is 231 cm³/mol. The number of fused-ring (bicyclic) bond motifs is 10. The van der Waals surface area contributed by atoms with Gasteiger partial charge in [-0.3, -0.25) is 4.98 Å². The zero-order valence-corrected chi connectivity index (χ0v) is 31.6. The Morgan fingerprint density at radius 2 is 0.877 bits per heavy atom. The molecule has 11 rings (SSSR count). The highest BCUT2D eigenvalue weighted by molar-refractivity contribution is 6.01. The number of hydrogen-bond acceptors (Lipinski definition) is 4. The van der Waals surface area contributed by atoms with Crippen LogP contribution in [0.4, 0.5) is 0 Å². The van der Waals surface area contributed by atoms with Crippen LogP contribution in [0.5, 0.6) is 0 Å². The molecule has 268 valence electrons. The molecular weight excluding hydrogens is 693 g/mol. The molecule has 4 nitrogen and oxygen atoms in total.